The quantitative estimate of drug-likeness (QED) is 0.184. The molecule has 0 saturated heterocycles. The minimum atomic E-state index is -0.537. The lowest BCUT2D eigenvalue weighted by Crippen LogP contribution is -2.35. The summed E-state index contributed by atoms with van der Waals surface area (Å²) in [7, 11) is 0. The predicted octanol–water partition coefficient (Wildman–Crippen LogP) is 5.04. The molecule has 4 amide bonds. The number of hydrogen-bond donors (Lipinski definition) is 3. The molecule has 2 heterocycles. The molecule has 0 spiro atoms. The van der Waals surface area contributed by atoms with Gasteiger partial charge in [0.2, 0.25) is 5.91 Å². The third kappa shape index (κ3) is 7.66. The largest absolute Gasteiger partial charge is 0.465 e. The summed E-state index contributed by atoms with van der Waals surface area (Å²) in [5.74, 6) is -0.786. The summed E-state index contributed by atoms with van der Waals surface area (Å²) in [5, 5.41) is 13.2. The van der Waals surface area contributed by atoms with E-state index in [-0.39, 0.29) is 23.9 Å². The van der Waals surface area contributed by atoms with Gasteiger partial charge in [0.1, 0.15) is 17.3 Å². The Balaban J connectivity index is 1.18. The Kier molecular flexibility index (Phi) is 9.13. The van der Waals surface area contributed by atoms with E-state index in [0.717, 1.165) is 4.90 Å². The highest BCUT2D eigenvalue weighted by molar-refractivity contribution is 8.00. The summed E-state index contributed by atoms with van der Waals surface area (Å²) in [6.45, 7) is 1.75. The highest BCUT2D eigenvalue weighted by Gasteiger charge is 2.27. The molecule has 1 atom stereocenters. The van der Waals surface area contributed by atoms with E-state index in [9.17, 15) is 19.2 Å². The number of nitrogens with zero attached hydrogens (tertiary/aromatic N) is 2. The Labute approximate surface area is 251 Å². The second-order valence-electron chi connectivity index (χ2n) is 9.39. The molecule has 43 heavy (non-hydrogen) atoms. The number of amidine groups is 1. The van der Waals surface area contributed by atoms with Gasteiger partial charge in [0.15, 0.2) is 0 Å². The van der Waals surface area contributed by atoms with Crippen LogP contribution in [0.15, 0.2) is 123 Å². The number of thioether (sulfide) groups is 1. The summed E-state index contributed by atoms with van der Waals surface area (Å²) in [4.78, 5) is 51.8. The van der Waals surface area contributed by atoms with Crippen molar-refractivity contribution in [3.63, 3.8) is 0 Å². The normalized spacial score (nSPS) is 13.7. The van der Waals surface area contributed by atoms with Crippen LogP contribution in [0.2, 0.25) is 0 Å². The number of furan rings is 1. The number of carbonyl (C=O) groups is 4. The SMILES string of the molecule is CC(Sc1ccc(NC(=O)/C(=C/c2ccco2)NC(=O)c2ccccc2)cc1)C(=O)NC1=NN(c2ccccc2)C(=O)C1. The molecule has 0 aliphatic carbocycles. The zero-order valence-corrected chi connectivity index (χ0v) is 23.8. The first-order valence-corrected chi connectivity index (χ1v) is 14.2. The lowest BCUT2D eigenvalue weighted by Gasteiger charge is -2.13. The molecule has 0 saturated carbocycles. The van der Waals surface area contributed by atoms with Gasteiger partial charge in [-0.05, 0) is 67.6 Å². The minimum absolute atomic E-state index is 0.00619. The number of para-hydroxylation sites is 1. The fourth-order valence-corrected chi connectivity index (χ4v) is 4.91. The topological polar surface area (TPSA) is 133 Å². The van der Waals surface area contributed by atoms with Crippen molar-refractivity contribution in [2.24, 2.45) is 5.10 Å². The molecule has 3 N–H and O–H groups in total. The van der Waals surface area contributed by atoms with Gasteiger partial charge in [-0.3, -0.25) is 19.2 Å². The van der Waals surface area contributed by atoms with Gasteiger partial charge in [0.25, 0.3) is 17.7 Å². The summed E-state index contributed by atoms with van der Waals surface area (Å²) < 4.78 is 5.33. The van der Waals surface area contributed by atoms with E-state index in [1.165, 1.54) is 29.1 Å². The number of nitrogens with one attached hydrogen (secondary N) is 3. The first-order valence-electron chi connectivity index (χ1n) is 13.3. The summed E-state index contributed by atoms with van der Waals surface area (Å²) in [6.07, 6.45) is 2.93. The van der Waals surface area contributed by atoms with Gasteiger partial charge < -0.3 is 20.4 Å². The van der Waals surface area contributed by atoms with Gasteiger partial charge >= 0.3 is 0 Å². The predicted molar refractivity (Wildman–Crippen MR) is 165 cm³/mol. The van der Waals surface area contributed by atoms with Crippen molar-refractivity contribution in [3.8, 4) is 0 Å². The molecular formula is C32H27N5O5S. The number of hydrazone groups is 1. The molecule has 11 heteroatoms. The van der Waals surface area contributed by atoms with Crippen molar-refractivity contribution in [2.75, 3.05) is 10.3 Å². The van der Waals surface area contributed by atoms with Crippen LogP contribution < -0.4 is 21.0 Å². The molecule has 4 aromatic rings. The molecule has 1 unspecified atom stereocenters. The molecule has 0 fully saturated rings. The van der Waals surface area contributed by atoms with E-state index in [0.29, 0.717) is 28.5 Å². The third-order valence-corrected chi connectivity index (χ3v) is 7.31. The standard InChI is InChI=1S/C32H27N5O5S/c1-21(30(39)35-28-20-29(38)37(36-28)24-11-6-3-7-12-24)43-26-16-14-23(15-17-26)33-32(41)27(19-25-13-8-18-42-25)34-31(40)22-9-4-2-5-10-22/h2-19,21H,20H2,1H3,(H,33,41)(H,34,40)(H,35,36,39)/b27-19-. The van der Waals surface area contributed by atoms with Gasteiger partial charge in [-0.15, -0.1) is 11.8 Å². The molecule has 5 rings (SSSR count). The molecule has 10 nitrogen and oxygen atoms in total. The van der Waals surface area contributed by atoms with E-state index >= 15 is 0 Å². The van der Waals surface area contributed by atoms with Gasteiger partial charge in [-0.1, -0.05) is 36.4 Å². The number of amides is 4. The highest BCUT2D eigenvalue weighted by atomic mass is 32.2. The first-order chi connectivity index (χ1) is 20.9. The fourth-order valence-electron chi connectivity index (χ4n) is 4.04. The van der Waals surface area contributed by atoms with Crippen LogP contribution in [-0.4, -0.2) is 34.7 Å². The Bertz CT molecular complexity index is 1670. The van der Waals surface area contributed by atoms with Crippen LogP contribution in [-0.2, 0) is 14.4 Å². The van der Waals surface area contributed by atoms with Crippen LogP contribution in [0, 0.1) is 0 Å². The van der Waals surface area contributed by atoms with E-state index < -0.39 is 17.1 Å². The molecule has 1 aliphatic heterocycles. The maximum absolute atomic E-state index is 13.1. The smallest absolute Gasteiger partial charge is 0.272 e. The molecule has 1 aliphatic rings. The van der Waals surface area contributed by atoms with Gasteiger partial charge in [0, 0.05) is 22.2 Å². The van der Waals surface area contributed by atoms with Crippen LogP contribution in [0.1, 0.15) is 29.5 Å². The van der Waals surface area contributed by atoms with E-state index in [4.69, 9.17) is 4.42 Å². The summed E-state index contributed by atoms with van der Waals surface area (Å²) in [6, 6.07) is 27.9. The van der Waals surface area contributed by atoms with Crippen molar-refractivity contribution in [2.45, 2.75) is 23.5 Å². The molecule has 216 valence electrons. The number of carbonyl (C=O) groups excluding carboxylic acids is 4. The second-order valence-corrected chi connectivity index (χ2v) is 10.8. The highest BCUT2D eigenvalue weighted by Crippen LogP contribution is 2.26. The Morgan fingerprint density at radius 2 is 1.60 bits per heavy atom. The van der Waals surface area contributed by atoms with Crippen LogP contribution in [0.4, 0.5) is 11.4 Å². The van der Waals surface area contributed by atoms with Crippen LogP contribution in [0.3, 0.4) is 0 Å². The zero-order chi connectivity index (χ0) is 30.2. The molecular weight excluding hydrogens is 566 g/mol. The lowest BCUT2D eigenvalue weighted by atomic mass is 10.2. The monoisotopic (exact) mass is 593 g/mol. The molecule has 1 aromatic heterocycles. The number of hydrogen-bond acceptors (Lipinski definition) is 7. The van der Waals surface area contributed by atoms with Crippen LogP contribution in [0.25, 0.3) is 6.08 Å². The van der Waals surface area contributed by atoms with Crippen LogP contribution in [0.5, 0.6) is 0 Å². The third-order valence-electron chi connectivity index (χ3n) is 6.20. The first kappa shape index (κ1) is 29.1. The van der Waals surface area contributed by atoms with Gasteiger partial charge in [-0.25, -0.2) is 0 Å². The number of benzene rings is 3. The zero-order valence-electron chi connectivity index (χ0n) is 23.0. The Morgan fingerprint density at radius 3 is 2.28 bits per heavy atom. The van der Waals surface area contributed by atoms with Gasteiger partial charge in [-0.2, -0.15) is 10.1 Å². The summed E-state index contributed by atoms with van der Waals surface area (Å²) >= 11 is 1.32. The van der Waals surface area contributed by atoms with Crippen LogP contribution >= 0.6 is 11.8 Å². The Hall–Kier alpha value is -5.42. The number of rotatable bonds is 9. The van der Waals surface area contributed by atoms with Crippen molar-refractivity contribution in [1.29, 1.82) is 0 Å². The van der Waals surface area contributed by atoms with Crippen molar-refractivity contribution in [3.05, 3.63) is 120 Å². The average Bonchev–Trinajstić information content (AvgIpc) is 3.67. The van der Waals surface area contributed by atoms with E-state index in [1.54, 1.807) is 85.8 Å². The van der Waals surface area contributed by atoms with Gasteiger partial charge in [0.05, 0.1) is 23.6 Å². The maximum atomic E-state index is 13.1. The fraction of sp³-hybridized carbons (Fsp3) is 0.0938. The summed E-state index contributed by atoms with van der Waals surface area (Å²) in [5.41, 5.74) is 1.53. The van der Waals surface area contributed by atoms with E-state index in [2.05, 4.69) is 21.1 Å². The lowest BCUT2D eigenvalue weighted by molar-refractivity contribution is -0.119. The second kappa shape index (κ2) is 13.5. The average molecular weight is 594 g/mol. The molecule has 0 radical (unpaired) electrons. The minimum Gasteiger partial charge on any atom is -0.465 e. The van der Waals surface area contributed by atoms with Crippen molar-refractivity contribution < 1.29 is 23.6 Å². The van der Waals surface area contributed by atoms with Crippen molar-refractivity contribution >= 4 is 58.7 Å². The van der Waals surface area contributed by atoms with E-state index in [1.807, 2.05) is 18.2 Å². The molecule has 0 bridgehead atoms. The maximum Gasteiger partial charge on any atom is 0.272 e. The Morgan fingerprint density at radius 1 is 0.907 bits per heavy atom. The number of anilines is 2. The van der Waals surface area contributed by atoms with Crippen molar-refractivity contribution in [1.82, 2.24) is 10.6 Å². The molecule has 3 aromatic carbocycles.